The lowest BCUT2D eigenvalue weighted by Gasteiger charge is -2.09. The van der Waals surface area contributed by atoms with E-state index in [9.17, 15) is 4.79 Å². The molecule has 0 saturated heterocycles. The first-order valence-electron chi connectivity index (χ1n) is 7.30. The number of benzene rings is 1. The average molecular weight is 302 g/mol. The molecule has 4 heteroatoms. The van der Waals surface area contributed by atoms with Crippen molar-refractivity contribution in [2.75, 3.05) is 6.26 Å². The van der Waals surface area contributed by atoms with Gasteiger partial charge in [-0.15, -0.1) is 0 Å². The van der Waals surface area contributed by atoms with Crippen LogP contribution in [0.1, 0.15) is 49.1 Å². The molecule has 0 aliphatic carbocycles. The van der Waals surface area contributed by atoms with Crippen molar-refractivity contribution in [2.24, 2.45) is 0 Å². The van der Waals surface area contributed by atoms with Gasteiger partial charge in [0.25, 0.3) is 5.56 Å². The number of aromatic nitrogens is 2. The van der Waals surface area contributed by atoms with Gasteiger partial charge in [0.2, 0.25) is 0 Å². The summed E-state index contributed by atoms with van der Waals surface area (Å²) in [4.78, 5) is 19.6. The first-order chi connectivity index (χ1) is 10.0. The van der Waals surface area contributed by atoms with Crippen LogP contribution in [-0.4, -0.2) is 16.2 Å². The van der Waals surface area contributed by atoms with E-state index in [-0.39, 0.29) is 5.56 Å². The second-order valence-corrected chi connectivity index (χ2v) is 6.22. The Bertz CT molecular complexity index is 659. The summed E-state index contributed by atoms with van der Waals surface area (Å²) in [5.74, 6) is 0.524. The van der Waals surface area contributed by atoms with Crippen LogP contribution in [0.25, 0.3) is 0 Å². The van der Waals surface area contributed by atoms with Crippen LogP contribution in [-0.2, 0) is 12.8 Å². The second-order valence-electron chi connectivity index (χ2n) is 5.43. The molecule has 0 amide bonds. The Morgan fingerprint density at radius 2 is 1.90 bits per heavy atom. The second kappa shape index (κ2) is 6.94. The molecule has 0 bridgehead atoms. The number of H-pyrrole nitrogens is 1. The largest absolute Gasteiger partial charge is 0.301 e. The fraction of sp³-hybridized carbons (Fsp3) is 0.412. The third kappa shape index (κ3) is 3.76. The topological polar surface area (TPSA) is 45.8 Å². The predicted molar refractivity (Wildman–Crippen MR) is 89.4 cm³/mol. The highest BCUT2D eigenvalue weighted by atomic mass is 32.2. The molecule has 1 aromatic carbocycles. The zero-order chi connectivity index (χ0) is 15.4. The van der Waals surface area contributed by atoms with Crippen molar-refractivity contribution < 1.29 is 0 Å². The lowest BCUT2D eigenvalue weighted by atomic mass is 9.98. The van der Waals surface area contributed by atoms with E-state index in [2.05, 4.69) is 48.1 Å². The molecule has 0 saturated carbocycles. The average Bonchev–Trinajstić information content (AvgIpc) is 2.49. The Kier molecular flexibility index (Phi) is 5.23. The van der Waals surface area contributed by atoms with Crippen molar-refractivity contribution in [1.29, 1.82) is 0 Å². The number of aromatic amines is 1. The van der Waals surface area contributed by atoms with Gasteiger partial charge in [-0.1, -0.05) is 56.8 Å². The van der Waals surface area contributed by atoms with Gasteiger partial charge in [-0.2, -0.15) is 0 Å². The number of hydrogen-bond acceptors (Lipinski definition) is 3. The number of thioether (sulfide) groups is 1. The highest BCUT2D eigenvalue weighted by molar-refractivity contribution is 7.98. The van der Waals surface area contributed by atoms with Gasteiger partial charge in [-0.05, 0) is 29.7 Å². The summed E-state index contributed by atoms with van der Waals surface area (Å²) in [6.45, 7) is 6.40. The Morgan fingerprint density at radius 1 is 1.24 bits per heavy atom. The maximum Gasteiger partial charge on any atom is 0.255 e. The smallest absolute Gasteiger partial charge is 0.255 e. The van der Waals surface area contributed by atoms with Gasteiger partial charge in [-0.3, -0.25) is 4.79 Å². The molecular formula is C17H22N2OS. The van der Waals surface area contributed by atoms with Crippen molar-refractivity contribution in [1.82, 2.24) is 9.97 Å². The van der Waals surface area contributed by atoms with Crippen LogP contribution in [0.5, 0.6) is 0 Å². The molecule has 0 fully saturated rings. The van der Waals surface area contributed by atoms with Crippen LogP contribution in [0.4, 0.5) is 0 Å². The summed E-state index contributed by atoms with van der Waals surface area (Å²) >= 11 is 1.47. The zero-order valence-electron chi connectivity index (χ0n) is 13.1. The Morgan fingerprint density at radius 3 is 2.43 bits per heavy atom. The number of nitrogens with zero attached hydrogens (tertiary/aromatic N) is 1. The van der Waals surface area contributed by atoms with Crippen molar-refractivity contribution in [3.63, 3.8) is 0 Å². The van der Waals surface area contributed by atoms with E-state index in [0.29, 0.717) is 17.5 Å². The molecule has 0 aliphatic heterocycles. The Balaban J connectivity index is 2.32. The third-order valence-electron chi connectivity index (χ3n) is 3.63. The number of aryl methyl sites for hydroxylation is 1. The molecule has 0 unspecified atom stereocenters. The maximum absolute atomic E-state index is 12.2. The number of rotatable bonds is 5. The molecular weight excluding hydrogens is 280 g/mol. The molecule has 2 aromatic rings. The van der Waals surface area contributed by atoms with Gasteiger partial charge in [0.05, 0.1) is 5.69 Å². The summed E-state index contributed by atoms with van der Waals surface area (Å²) in [5.41, 5.74) is 4.14. The molecule has 0 spiro atoms. The lowest BCUT2D eigenvalue weighted by molar-refractivity contribution is 0.832. The van der Waals surface area contributed by atoms with E-state index in [0.717, 1.165) is 23.2 Å². The van der Waals surface area contributed by atoms with Gasteiger partial charge >= 0.3 is 0 Å². The Hall–Kier alpha value is -1.55. The first kappa shape index (κ1) is 15.8. The number of nitrogens with one attached hydrogen (secondary N) is 1. The highest BCUT2D eigenvalue weighted by Crippen LogP contribution is 2.17. The molecule has 1 aromatic heterocycles. The molecule has 1 N–H and O–H groups in total. The van der Waals surface area contributed by atoms with E-state index in [1.54, 1.807) is 0 Å². The van der Waals surface area contributed by atoms with Crippen LogP contribution >= 0.6 is 11.8 Å². The van der Waals surface area contributed by atoms with Crippen LogP contribution in [0, 0.1) is 0 Å². The molecule has 21 heavy (non-hydrogen) atoms. The van der Waals surface area contributed by atoms with Gasteiger partial charge in [0.15, 0.2) is 5.16 Å². The molecule has 0 atom stereocenters. The normalized spacial score (nSPS) is 11.1. The fourth-order valence-corrected chi connectivity index (χ4v) is 2.71. The SMILES string of the molecule is CCc1nc(SC)[nH]c(=O)c1Cc1ccc(C(C)C)cc1. The quantitative estimate of drug-likeness (QED) is 0.675. The minimum atomic E-state index is -0.0147. The van der Waals surface area contributed by atoms with Crippen LogP contribution in [0.15, 0.2) is 34.2 Å². The van der Waals surface area contributed by atoms with Gasteiger partial charge in [0, 0.05) is 12.0 Å². The molecule has 2 rings (SSSR count). The summed E-state index contributed by atoms with van der Waals surface area (Å²) in [5, 5.41) is 0.691. The highest BCUT2D eigenvalue weighted by Gasteiger charge is 2.11. The standard InChI is InChI=1S/C17H22N2OS/c1-5-15-14(16(20)19-17(18-15)21-4)10-12-6-8-13(9-7-12)11(2)3/h6-9,11H,5,10H2,1-4H3,(H,18,19,20). The zero-order valence-corrected chi connectivity index (χ0v) is 13.9. The maximum atomic E-state index is 12.2. The molecule has 1 heterocycles. The predicted octanol–water partition coefficient (Wildman–Crippen LogP) is 3.77. The van der Waals surface area contributed by atoms with Crippen LogP contribution in [0.3, 0.4) is 0 Å². The fourth-order valence-electron chi connectivity index (χ4n) is 2.32. The van der Waals surface area contributed by atoms with E-state index in [4.69, 9.17) is 0 Å². The van der Waals surface area contributed by atoms with E-state index < -0.39 is 0 Å². The minimum Gasteiger partial charge on any atom is -0.301 e. The van der Waals surface area contributed by atoms with Crippen molar-refractivity contribution in [2.45, 2.75) is 44.7 Å². The summed E-state index contributed by atoms with van der Waals surface area (Å²) in [7, 11) is 0. The van der Waals surface area contributed by atoms with E-state index in [1.165, 1.54) is 17.3 Å². The summed E-state index contributed by atoms with van der Waals surface area (Å²) in [6, 6.07) is 8.50. The summed E-state index contributed by atoms with van der Waals surface area (Å²) < 4.78 is 0. The molecule has 0 radical (unpaired) electrons. The van der Waals surface area contributed by atoms with Crippen molar-refractivity contribution >= 4 is 11.8 Å². The van der Waals surface area contributed by atoms with Gasteiger partial charge < -0.3 is 4.98 Å². The molecule has 3 nitrogen and oxygen atoms in total. The lowest BCUT2D eigenvalue weighted by Crippen LogP contribution is -2.18. The van der Waals surface area contributed by atoms with E-state index in [1.807, 2.05) is 13.2 Å². The summed E-state index contributed by atoms with van der Waals surface area (Å²) in [6.07, 6.45) is 3.33. The van der Waals surface area contributed by atoms with Crippen LogP contribution < -0.4 is 5.56 Å². The van der Waals surface area contributed by atoms with Crippen molar-refractivity contribution in [3.8, 4) is 0 Å². The monoisotopic (exact) mass is 302 g/mol. The number of hydrogen-bond donors (Lipinski definition) is 1. The molecule has 112 valence electrons. The first-order valence-corrected chi connectivity index (χ1v) is 8.52. The van der Waals surface area contributed by atoms with Gasteiger partial charge in [-0.25, -0.2) is 4.98 Å². The van der Waals surface area contributed by atoms with E-state index >= 15 is 0 Å². The van der Waals surface area contributed by atoms with Crippen molar-refractivity contribution in [3.05, 3.63) is 57.0 Å². The third-order valence-corrected chi connectivity index (χ3v) is 4.21. The van der Waals surface area contributed by atoms with Gasteiger partial charge in [0.1, 0.15) is 0 Å². The molecule has 0 aliphatic rings. The van der Waals surface area contributed by atoms with Crippen LogP contribution in [0.2, 0.25) is 0 Å². The minimum absolute atomic E-state index is 0.0147. The Labute approximate surface area is 130 Å².